The number of thiophene rings is 1. The van der Waals surface area contributed by atoms with Crippen molar-refractivity contribution in [3.63, 3.8) is 0 Å². The monoisotopic (exact) mass is 469 g/mol. The van der Waals surface area contributed by atoms with Gasteiger partial charge in [0.1, 0.15) is 5.82 Å². The second-order valence-electron chi connectivity index (χ2n) is 8.21. The minimum atomic E-state index is -0.256. The molecule has 0 saturated carbocycles. The number of pyridine rings is 2. The van der Waals surface area contributed by atoms with E-state index in [0.29, 0.717) is 29.2 Å². The lowest BCUT2D eigenvalue weighted by Gasteiger charge is -2.23. The van der Waals surface area contributed by atoms with Crippen LogP contribution in [0.3, 0.4) is 0 Å². The third-order valence-corrected chi connectivity index (χ3v) is 6.70. The highest BCUT2D eigenvalue weighted by Gasteiger charge is 2.26. The van der Waals surface area contributed by atoms with Gasteiger partial charge in [0.15, 0.2) is 0 Å². The van der Waals surface area contributed by atoms with Gasteiger partial charge in [-0.25, -0.2) is 4.98 Å². The van der Waals surface area contributed by atoms with Gasteiger partial charge >= 0.3 is 0 Å². The topological polar surface area (TPSA) is 78.4 Å². The molecule has 0 atom stereocenters. The maximum Gasteiger partial charge on any atom is 0.259 e. The molecule has 0 radical (unpaired) electrons. The van der Waals surface area contributed by atoms with E-state index in [1.807, 2.05) is 26.2 Å². The molecular weight excluding hydrogens is 446 g/mol. The third-order valence-electron chi connectivity index (χ3n) is 5.74. The molecule has 7 nitrogen and oxygen atoms in total. The molecule has 1 aliphatic rings. The number of carbonyl (C=O) groups is 2. The number of aromatic nitrogens is 2. The van der Waals surface area contributed by atoms with E-state index >= 15 is 0 Å². The number of anilines is 3. The van der Waals surface area contributed by atoms with Gasteiger partial charge in [0.2, 0.25) is 0 Å². The molecule has 2 amide bonds. The number of hydrogen-bond acceptors (Lipinski definition) is 6. The Bertz CT molecular complexity index is 1360. The number of benzene rings is 1. The average molecular weight is 470 g/mol. The van der Waals surface area contributed by atoms with Crippen LogP contribution in [0.4, 0.5) is 17.2 Å². The van der Waals surface area contributed by atoms with E-state index in [4.69, 9.17) is 0 Å². The van der Waals surface area contributed by atoms with Crippen LogP contribution in [0.5, 0.6) is 0 Å². The molecule has 4 heterocycles. The second kappa shape index (κ2) is 9.07. The first-order chi connectivity index (χ1) is 16.5. The van der Waals surface area contributed by atoms with Gasteiger partial charge in [-0.3, -0.25) is 14.6 Å². The number of fused-ring (bicyclic) bond motifs is 2. The smallest absolute Gasteiger partial charge is 0.259 e. The van der Waals surface area contributed by atoms with Gasteiger partial charge in [0, 0.05) is 49.0 Å². The maximum atomic E-state index is 13.5. The Kier molecular flexibility index (Phi) is 5.81. The molecule has 34 heavy (non-hydrogen) atoms. The average Bonchev–Trinajstić information content (AvgIpc) is 3.23. The van der Waals surface area contributed by atoms with Crippen LogP contribution in [-0.2, 0) is 13.0 Å². The molecule has 170 valence electrons. The predicted octanol–water partition coefficient (Wildman–Crippen LogP) is 4.61. The molecule has 0 fully saturated rings. The number of rotatable bonds is 4. The lowest BCUT2D eigenvalue weighted by atomic mass is 10.1. The van der Waals surface area contributed by atoms with Crippen molar-refractivity contribution in [1.29, 1.82) is 0 Å². The van der Waals surface area contributed by atoms with Gasteiger partial charge in [0.25, 0.3) is 11.8 Å². The van der Waals surface area contributed by atoms with E-state index in [0.717, 1.165) is 23.4 Å². The Morgan fingerprint density at radius 2 is 1.76 bits per heavy atom. The van der Waals surface area contributed by atoms with Crippen LogP contribution in [0.2, 0.25) is 0 Å². The summed E-state index contributed by atoms with van der Waals surface area (Å²) < 4.78 is 0. The SMILES string of the molecule is CN(C)c1ncccc1C(=O)Nc1ccc(C(=O)N2Cc3ccsc3Cc3ncccc32)cc1. The normalized spacial score (nSPS) is 12.4. The number of nitrogens with one attached hydrogen (secondary N) is 1. The van der Waals surface area contributed by atoms with Crippen molar-refractivity contribution in [3.05, 3.63) is 99.6 Å². The van der Waals surface area contributed by atoms with Crippen molar-refractivity contribution in [1.82, 2.24) is 9.97 Å². The molecule has 1 aliphatic heterocycles. The quantitative estimate of drug-likeness (QED) is 0.472. The zero-order valence-corrected chi connectivity index (χ0v) is 19.7. The molecule has 4 aromatic rings. The van der Waals surface area contributed by atoms with Crippen molar-refractivity contribution in [2.75, 3.05) is 29.2 Å². The van der Waals surface area contributed by atoms with Gasteiger partial charge in [-0.15, -0.1) is 11.3 Å². The lowest BCUT2D eigenvalue weighted by molar-refractivity contribution is 0.0984. The third kappa shape index (κ3) is 4.15. The highest BCUT2D eigenvalue weighted by atomic mass is 32.1. The molecule has 8 heteroatoms. The molecule has 3 aromatic heterocycles. The molecule has 0 aliphatic carbocycles. The Morgan fingerprint density at radius 1 is 1.00 bits per heavy atom. The first-order valence-electron chi connectivity index (χ1n) is 10.9. The van der Waals surface area contributed by atoms with Crippen molar-refractivity contribution < 1.29 is 9.59 Å². The number of hydrogen-bond donors (Lipinski definition) is 1. The standard InChI is InChI=1S/C26H23N5O2S/c1-30(2)24-20(5-3-13-28-24)25(32)29-19-9-7-17(8-10-19)26(33)31-16-18-11-14-34-23(18)15-21-22(31)6-4-12-27-21/h3-14H,15-16H2,1-2H3,(H,29,32). The Labute approximate surface area is 201 Å². The van der Waals surface area contributed by atoms with Gasteiger partial charge in [-0.05, 0) is 65.5 Å². The van der Waals surface area contributed by atoms with E-state index in [1.165, 1.54) is 4.88 Å². The van der Waals surface area contributed by atoms with Crippen LogP contribution in [0, 0.1) is 0 Å². The summed E-state index contributed by atoms with van der Waals surface area (Å²) in [5.41, 5.74) is 4.51. The zero-order valence-electron chi connectivity index (χ0n) is 18.9. The fourth-order valence-corrected chi connectivity index (χ4v) is 4.94. The molecule has 5 rings (SSSR count). The van der Waals surface area contributed by atoms with Crippen LogP contribution >= 0.6 is 11.3 Å². The number of carbonyl (C=O) groups excluding carboxylic acids is 2. The molecule has 0 unspecified atom stereocenters. The van der Waals surface area contributed by atoms with Crippen LogP contribution in [0.1, 0.15) is 36.9 Å². The van der Waals surface area contributed by atoms with E-state index in [1.54, 1.807) is 69.9 Å². The van der Waals surface area contributed by atoms with Gasteiger partial charge < -0.3 is 15.1 Å². The van der Waals surface area contributed by atoms with E-state index in [-0.39, 0.29) is 11.8 Å². The summed E-state index contributed by atoms with van der Waals surface area (Å²) in [5.74, 6) is 0.231. The highest BCUT2D eigenvalue weighted by molar-refractivity contribution is 7.10. The maximum absolute atomic E-state index is 13.5. The summed E-state index contributed by atoms with van der Waals surface area (Å²) in [4.78, 5) is 40.0. The van der Waals surface area contributed by atoms with E-state index in [2.05, 4.69) is 26.7 Å². The van der Waals surface area contributed by atoms with E-state index in [9.17, 15) is 9.59 Å². The highest BCUT2D eigenvalue weighted by Crippen LogP contribution is 2.33. The first-order valence-corrected chi connectivity index (χ1v) is 11.7. The fourth-order valence-electron chi connectivity index (χ4n) is 4.04. The minimum absolute atomic E-state index is 0.103. The van der Waals surface area contributed by atoms with Crippen LogP contribution in [0.25, 0.3) is 0 Å². The summed E-state index contributed by atoms with van der Waals surface area (Å²) in [7, 11) is 3.68. The van der Waals surface area contributed by atoms with Crippen molar-refractivity contribution in [2.24, 2.45) is 0 Å². The molecule has 0 saturated heterocycles. The summed E-state index contributed by atoms with van der Waals surface area (Å²) in [6.07, 6.45) is 4.14. The van der Waals surface area contributed by atoms with Crippen molar-refractivity contribution in [2.45, 2.75) is 13.0 Å². The van der Waals surface area contributed by atoms with Crippen LogP contribution in [0.15, 0.2) is 72.4 Å². The van der Waals surface area contributed by atoms with Gasteiger partial charge in [0.05, 0.1) is 23.5 Å². The van der Waals surface area contributed by atoms with E-state index < -0.39 is 0 Å². The number of nitrogens with zero attached hydrogens (tertiary/aromatic N) is 4. The molecule has 1 aromatic carbocycles. The second-order valence-corrected chi connectivity index (χ2v) is 9.21. The zero-order chi connectivity index (χ0) is 23.7. The molecule has 0 bridgehead atoms. The number of amides is 2. The van der Waals surface area contributed by atoms with Crippen LogP contribution in [-0.4, -0.2) is 35.9 Å². The van der Waals surface area contributed by atoms with Gasteiger partial charge in [-0.2, -0.15) is 0 Å². The lowest BCUT2D eigenvalue weighted by Crippen LogP contribution is -2.30. The fraction of sp³-hybridized carbons (Fsp3) is 0.154. The largest absolute Gasteiger partial charge is 0.362 e. The van der Waals surface area contributed by atoms with Crippen molar-refractivity contribution in [3.8, 4) is 0 Å². The summed E-state index contributed by atoms with van der Waals surface area (Å²) in [5, 5.41) is 4.95. The van der Waals surface area contributed by atoms with Gasteiger partial charge in [-0.1, -0.05) is 0 Å². The minimum Gasteiger partial charge on any atom is -0.362 e. The molecule has 1 N–H and O–H groups in total. The first kappa shape index (κ1) is 21.8. The summed E-state index contributed by atoms with van der Waals surface area (Å²) >= 11 is 1.69. The summed E-state index contributed by atoms with van der Waals surface area (Å²) in [6.45, 7) is 0.503. The summed E-state index contributed by atoms with van der Waals surface area (Å²) in [6, 6.07) is 16.3. The Morgan fingerprint density at radius 3 is 2.56 bits per heavy atom. The molecular formula is C26H23N5O2S. The van der Waals surface area contributed by atoms with Crippen molar-refractivity contribution >= 4 is 40.3 Å². The molecule has 0 spiro atoms. The van der Waals surface area contributed by atoms with Crippen LogP contribution < -0.4 is 15.1 Å². The Balaban J connectivity index is 1.38. The Hall–Kier alpha value is -4.04. The predicted molar refractivity (Wildman–Crippen MR) is 135 cm³/mol.